The minimum absolute atomic E-state index is 0.0152. The number of hydrogen-bond acceptors (Lipinski definition) is 4. The van der Waals surface area contributed by atoms with Crippen LogP contribution in [-0.2, 0) is 4.79 Å². The van der Waals surface area contributed by atoms with E-state index in [0.29, 0.717) is 0 Å². The van der Waals surface area contributed by atoms with Crippen LogP contribution < -0.4 is 20.9 Å². The van der Waals surface area contributed by atoms with Crippen molar-refractivity contribution in [1.29, 1.82) is 0 Å². The lowest BCUT2D eigenvalue weighted by molar-refractivity contribution is -0.122. The number of hydrogen-bond donors (Lipinski definition) is 2. The molecule has 2 N–H and O–H groups in total. The number of likely N-dealkylation sites (N-methyl/N-ethyl adjacent to an activating group) is 1. The van der Waals surface area contributed by atoms with Crippen LogP contribution in [0.3, 0.4) is 0 Å². The Bertz CT molecular complexity index is 766. The first-order chi connectivity index (χ1) is 11.0. The van der Waals surface area contributed by atoms with Crippen LogP contribution >= 0.6 is 0 Å². The van der Waals surface area contributed by atoms with Gasteiger partial charge in [0.1, 0.15) is 0 Å². The summed E-state index contributed by atoms with van der Waals surface area (Å²) in [6.45, 7) is 6.55. The quantitative estimate of drug-likeness (QED) is 0.856. The van der Waals surface area contributed by atoms with Gasteiger partial charge in [-0.25, -0.2) is 0 Å². The van der Waals surface area contributed by atoms with E-state index in [1.54, 1.807) is 10.6 Å². The fraction of sp³-hybridized carbons (Fsp3) is 0.412. The van der Waals surface area contributed by atoms with Crippen LogP contribution in [0.5, 0.6) is 5.75 Å². The first kappa shape index (κ1) is 16.9. The van der Waals surface area contributed by atoms with Gasteiger partial charge in [-0.1, -0.05) is 0 Å². The number of carbonyl (C=O) groups is 1. The molecule has 1 amide bonds. The third-order valence-electron chi connectivity index (χ3n) is 3.54. The molecule has 6 nitrogen and oxygen atoms in total. The molecule has 0 saturated carbocycles. The molecule has 6 heteroatoms. The first-order valence-electron chi connectivity index (χ1n) is 7.74. The van der Waals surface area contributed by atoms with Crippen LogP contribution in [0.1, 0.15) is 26.8 Å². The van der Waals surface area contributed by atoms with Crippen molar-refractivity contribution in [2.45, 2.75) is 26.8 Å². The van der Waals surface area contributed by atoms with Gasteiger partial charge in [0.15, 0.2) is 12.4 Å². The van der Waals surface area contributed by atoms with Crippen molar-refractivity contribution in [2.75, 3.05) is 25.5 Å². The highest BCUT2D eigenvalue weighted by Gasteiger charge is 2.14. The Labute approximate surface area is 135 Å². The van der Waals surface area contributed by atoms with Gasteiger partial charge in [-0.05, 0) is 45.0 Å². The molecule has 1 heterocycles. The summed E-state index contributed by atoms with van der Waals surface area (Å²) in [5.74, 6) is -0.0922. The lowest BCUT2D eigenvalue weighted by Crippen LogP contribution is -2.29. The van der Waals surface area contributed by atoms with Crippen molar-refractivity contribution in [3.63, 3.8) is 0 Å². The fourth-order valence-electron chi connectivity index (χ4n) is 2.47. The minimum Gasteiger partial charge on any atom is -0.478 e. The number of aromatic nitrogens is 1. The zero-order valence-electron chi connectivity index (χ0n) is 14.0. The molecule has 0 bridgehead atoms. The van der Waals surface area contributed by atoms with Crippen LogP contribution in [0.2, 0.25) is 0 Å². The van der Waals surface area contributed by atoms with Crippen molar-refractivity contribution < 1.29 is 9.53 Å². The van der Waals surface area contributed by atoms with Crippen molar-refractivity contribution in [3.05, 3.63) is 34.6 Å². The molecule has 0 aliphatic heterocycles. The number of ether oxygens (including phenoxy) is 1. The maximum atomic E-state index is 12.6. The number of anilines is 1. The molecule has 0 unspecified atom stereocenters. The molecule has 0 radical (unpaired) electrons. The van der Waals surface area contributed by atoms with Gasteiger partial charge in [0.2, 0.25) is 0 Å². The highest BCUT2D eigenvalue weighted by Crippen LogP contribution is 2.23. The Balaban J connectivity index is 2.56. The van der Waals surface area contributed by atoms with Crippen LogP contribution in [0.4, 0.5) is 5.69 Å². The Hall–Kier alpha value is -2.50. The molecule has 2 aromatic rings. The van der Waals surface area contributed by atoms with Crippen LogP contribution in [-0.4, -0.2) is 30.7 Å². The van der Waals surface area contributed by atoms with Gasteiger partial charge in [0.25, 0.3) is 11.5 Å². The van der Waals surface area contributed by atoms with Crippen molar-refractivity contribution in [2.24, 2.45) is 0 Å². The van der Waals surface area contributed by atoms with Gasteiger partial charge >= 0.3 is 0 Å². The maximum Gasteiger partial charge on any atom is 0.293 e. The van der Waals surface area contributed by atoms with Crippen molar-refractivity contribution in [3.8, 4) is 5.75 Å². The SMILES string of the molecule is CCNc1ccc2c(c1)cc(OCC(=O)NC)c(=O)n2C(C)C. The summed E-state index contributed by atoms with van der Waals surface area (Å²) in [4.78, 5) is 24.0. The van der Waals surface area contributed by atoms with Crippen molar-refractivity contribution >= 4 is 22.5 Å². The standard InChI is InChI=1S/C17H23N3O3/c1-5-19-13-6-7-14-12(8-13)9-15(23-10-16(21)18-4)17(22)20(14)11(2)3/h6-9,11,19H,5,10H2,1-4H3,(H,18,21). The predicted octanol–water partition coefficient (Wildman–Crippen LogP) is 2.14. The van der Waals surface area contributed by atoms with Gasteiger partial charge in [-0.15, -0.1) is 0 Å². The Morgan fingerprint density at radius 1 is 1.30 bits per heavy atom. The molecule has 2 rings (SSSR count). The fourth-order valence-corrected chi connectivity index (χ4v) is 2.47. The molecular weight excluding hydrogens is 294 g/mol. The molecule has 1 aromatic carbocycles. The molecule has 1 aromatic heterocycles. The van der Waals surface area contributed by atoms with E-state index in [2.05, 4.69) is 10.6 Å². The molecule has 0 aliphatic carbocycles. The highest BCUT2D eigenvalue weighted by molar-refractivity contribution is 5.84. The summed E-state index contributed by atoms with van der Waals surface area (Å²) < 4.78 is 7.11. The first-order valence-corrected chi connectivity index (χ1v) is 7.74. The molecule has 0 aliphatic rings. The summed E-state index contributed by atoms with van der Waals surface area (Å²) in [6.07, 6.45) is 0. The van der Waals surface area contributed by atoms with E-state index in [4.69, 9.17) is 4.74 Å². The number of fused-ring (bicyclic) bond motifs is 1. The van der Waals surface area contributed by atoms with Gasteiger partial charge < -0.3 is 19.9 Å². The van der Waals surface area contributed by atoms with E-state index in [0.717, 1.165) is 23.1 Å². The second-order valence-electron chi connectivity index (χ2n) is 5.54. The van der Waals surface area contributed by atoms with E-state index in [1.165, 1.54) is 7.05 Å². The van der Waals surface area contributed by atoms with Crippen LogP contribution in [0.25, 0.3) is 10.9 Å². The number of pyridine rings is 1. The number of nitrogens with one attached hydrogen (secondary N) is 2. The lowest BCUT2D eigenvalue weighted by Gasteiger charge is -2.17. The topological polar surface area (TPSA) is 72.4 Å². The number of carbonyl (C=O) groups excluding carboxylic acids is 1. The smallest absolute Gasteiger partial charge is 0.293 e. The Morgan fingerprint density at radius 2 is 2.04 bits per heavy atom. The number of rotatable bonds is 6. The summed E-state index contributed by atoms with van der Waals surface area (Å²) in [6, 6.07) is 7.54. The molecule has 0 saturated heterocycles. The van der Waals surface area contributed by atoms with E-state index in [9.17, 15) is 9.59 Å². The largest absolute Gasteiger partial charge is 0.478 e. The molecule has 0 fully saturated rings. The average molecular weight is 317 g/mol. The zero-order valence-corrected chi connectivity index (χ0v) is 14.0. The summed E-state index contributed by atoms with van der Waals surface area (Å²) in [7, 11) is 1.53. The predicted molar refractivity (Wildman–Crippen MR) is 92.3 cm³/mol. The zero-order chi connectivity index (χ0) is 17.0. The monoisotopic (exact) mass is 317 g/mol. The molecule has 124 valence electrons. The van der Waals surface area contributed by atoms with E-state index in [1.807, 2.05) is 39.0 Å². The second kappa shape index (κ2) is 7.17. The van der Waals surface area contributed by atoms with Crippen molar-refractivity contribution in [1.82, 2.24) is 9.88 Å². The molecular formula is C17H23N3O3. The molecule has 23 heavy (non-hydrogen) atoms. The van der Waals surface area contributed by atoms with Gasteiger partial charge in [-0.2, -0.15) is 0 Å². The van der Waals surface area contributed by atoms with Gasteiger partial charge in [0, 0.05) is 30.7 Å². The molecule has 0 atom stereocenters. The van der Waals surface area contributed by atoms with E-state index in [-0.39, 0.29) is 29.9 Å². The third kappa shape index (κ3) is 3.64. The summed E-state index contributed by atoms with van der Waals surface area (Å²) in [5, 5.41) is 6.61. The van der Waals surface area contributed by atoms with Crippen LogP contribution in [0.15, 0.2) is 29.1 Å². The lowest BCUT2D eigenvalue weighted by atomic mass is 10.1. The van der Waals surface area contributed by atoms with Gasteiger partial charge in [0.05, 0.1) is 5.52 Å². The normalized spacial score (nSPS) is 10.8. The third-order valence-corrected chi connectivity index (χ3v) is 3.54. The van der Waals surface area contributed by atoms with Gasteiger partial charge in [-0.3, -0.25) is 9.59 Å². The average Bonchev–Trinajstić information content (AvgIpc) is 2.52. The maximum absolute atomic E-state index is 12.6. The number of amides is 1. The van der Waals surface area contributed by atoms with E-state index < -0.39 is 0 Å². The van der Waals surface area contributed by atoms with Crippen LogP contribution in [0, 0.1) is 0 Å². The Morgan fingerprint density at radius 3 is 2.65 bits per heavy atom. The summed E-state index contributed by atoms with van der Waals surface area (Å²) in [5.41, 5.74) is 1.60. The molecule has 0 spiro atoms. The number of benzene rings is 1. The van der Waals surface area contributed by atoms with E-state index >= 15 is 0 Å². The minimum atomic E-state index is -0.276. The summed E-state index contributed by atoms with van der Waals surface area (Å²) >= 11 is 0. The Kier molecular flexibility index (Phi) is 5.26. The second-order valence-corrected chi connectivity index (χ2v) is 5.54. The number of nitrogens with zero attached hydrogens (tertiary/aromatic N) is 1. The highest BCUT2D eigenvalue weighted by atomic mass is 16.5.